The molecule has 1 saturated carbocycles. The summed E-state index contributed by atoms with van der Waals surface area (Å²) >= 11 is 0. The lowest BCUT2D eigenvalue weighted by Crippen LogP contribution is -2.46. The van der Waals surface area contributed by atoms with Gasteiger partial charge in [0.15, 0.2) is 0 Å². The molecule has 1 amide bonds. The normalized spacial score (nSPS) is 23.2. The number of benzene rings is 1. The Kier molecular flexibility index (Phi) is 5.48. The fourth-order valence-corrected chi connectivity index (χ4v) is 2.84. The van der Waals surface area contributed by atoms with Crippen LogP contribution >= 0.6 is 0 Å². The topological polar surface area (TPSA) is 50.4 Å². The van der Waals surface area contributed by atoms with Crippen molar-refractivity contribution in [3.63, 3.8) is 0 Å². The molecule has 1 aromatic rings. The van der Waals surface area contributed by atoms with Gasteiger partial charge >= 0.3 is 0 Å². The Balaban J connectivity index is 1.86. The monoisotopic (exact) mass is 290 g/mol. The zero-order chi connectivity index (χ0) is 15.2. The Morgan fingerprint density at radius 3 is 2.52 bits per heavy atom. The number of amides is 1. The van der Waals surface area contributed by atoms with Crippen molar-refractivity contribution in [2.75, 3.05) is 12.4 Å². The predicted octanol–water partition coefficient (Wildman–Crippen LogP) is 3.19. The molecule has 4 heteroatoms. The molecule has 21 heavy (non-hydrogen) atoms. The third kappa shape index (κ3) is 4.38. The molecule has 2 rings (SSSR count). The molecular formula is C17H26N2O2. The van der Waals surface area contributed by atoms with E-state index in [9.17, 15) is 4.79 Å². The van der Waals surface area contributed by atoms with E-state index in [2.05, 4.69) is 17.6 Å². The van der Waals surface area contributed by atoms with E-state index in [1.165, 1.54) is 19.3 Å². The van der Waals surface area contributed by atoms with Crippen molar-refractivity contribution in [3.8, 4) is 5.75 Å². The van der Waals surface area contributed by atoms with Crippen LogP contribution in [0.15, 0.2) is 24.3 Å². The first-order chi connectivity index (χ1) is 10.1. The van der Waals surface area contributed by atoms with Gasteiger partial charge in [-0.05, 0) is 49.9 Å². The lowest BCUT2D eigenvalue weighted by atomic mass is 9.86. The summed E-state index contributed by atoms with van der Waals surface area (Å²) in [6, 6.07) is 7.70. The number of anilines is 1. The number of nitrogens with one attached hydrogen (secondary N) is 2. The quantitative estimate of drug-likeness (QED) is 0.875. The molecule has 0 bridgehead atoms. The average Bonchev–Trinajstić information content (AvgIpc) is 2.50. The number of methoxy groups -OCH3 is 1. The van der Waals surface area contributed by atoms with Gasteiger partial charge < -0.3 is 15.4 Å². The molecule has 1 fully saturated rings. The average molecular weight is 290 g/mol. The highest BCUT2D eigenvalue weighted by molar-refractivity contribution is 5.84. The van der Waals surface area contributed by atoms with Crippen molar-refractivity contribution in [1.29, 1.82) is 0 Å². The van der Waals surface area contributed by atoms with Crippen molar-refractivity contribution < 1.29 is 9.53 Å². The van der Waals surface area contributed by atoms with Crippen LogP contribution in [0.3, 0.4) is 0 Å². The van der Waals surface area contributed by atoms with E-state index in [1.54, 1.807) is 7.11 Å². The molecular weight excluding hydrogens is 264 g/mol. The highest BCUT2D eigenvalue weighted by atomic mass is 16.5. The zero-order valence-electron chi connectivity index (χ0n) is 13.2. The molecule has 0 radical (unpaired) electrons. The van der Waals surface area contributed by atoms with Crippen LogP contribution in [-0.2, 0) is 4.79 Å². The van der Waals surface area contributed by atoms with Crippen molar-refractivity contribution >= 4 is 11.6 Å². The summed E-state index contributed by atoms with van der Waals surface area (Å²) in [7, 11) is 1.64. The smallest absolute Gasteiger partial charge is 0.242 e. The lowest BCUT2D eigenvalue weighted by molar-refractivity contribution is -0.122. The summed E-state index contributed by atoms with van der Waals surface area (Å²) in [6.45, 7) is 4.12. The zero-order valence-corrected chi connectivity index (χ0v) is 13.2. The largest absolute Gasteiger partial charge is 0.497 e. The van der Waals surface area contributed by atoms with E-state index >= 15 is 0 Å². The van der Waals surface area contributed by atoms with E-state index in [0.29, 0.717) is 12.0 Å². The summed E-state index contributed by atoms with van der Waals surface area (Å²) < 4.78 is 5.13. The van der Waals surface area contributed by atoms with Crippen LogP contribution in [0.4, 0.5) is 5.69 Å². The summed E-state index contributed by atoms with van der Waals surface area (Å²) in [5, 5.41) is 6.41. The fraction of sp³-hybridized carbons (Fsp3) is 0.588. The van der Waals surface area contributed by atoms with Gasteiger partial charge in [-0.3, -0.25) is 4.79 Å². The molecule has 116 valence electrons. The number of rotatable bonds is 5. The minimum atomic E-state index is -0.243. The van der Waals surface area contributed by atoms with Gasteiger partial charge in [0.2, 0.25) is 5.91 Å². The van der Waals surface area contributed by atoms with Crippen LogP contribution in [0.1, 0.15) is 39.5 Å². The van der Waals surface area contributed by atoms with Crippen LogP contribution in [0.5, 0.6) is 5.75 Å². The molecule has 0 saturated heterocycles. The van der Waals surface area contributed by atoms with Crippen LogP contribution in [-0.4, -0.2) is 25.1 Å². The highest BCUT2D eigenvalue weighted by Crippen LogP contribution is 2.24. The summed E-state index contributed by atoms with van der Waals surface area (Å²) in [4.78, 5) is 12.3. The Morgan fingerprint density at radius 2 is 1.90 bits per heavy atom. The van der Waals surface area contributed by atoms with E-state index in [0.717, 1.165) is 17.9 Å². The molecule has 0 heterocycles. The van der Waals surface area contributed by atoms with Crippen molar-refractivity contribution in [3.05, 3.63) is 24.3 Å². The Labute approximate surface area is 127 Å². The Bertz CT molecular complexity index is 458. The van der Waals surface area contributed by atoms with E-state index in [4.69, 9.17) is 4.74 Å². The van der Waals surface area contributed by atoms with E-state index in [1.807, 2.05) is 31.2 Å². The third-order valence-corrected chi connectivity index (χ3v) is 4.31. The number of carbonyl (C=O) groups excluding carboxylic acids is 1. The maximum Gasteiger partial charge on any atom is 0.242 e. The second kappa shape index (κ2) is 7.34. The van der Waals surface area contributed by atoms with Gasteiger partial charge in [0, 0.05) is 11.7 Å². The van der Waals surface area contributed by atoms with Gasteiger partial charge in [0.05, 0.1) is 7.11 Å². The maximum atomic E-state index is 12.3. The van der Waals surface area contributed by atoms with E-state index in [-0.39, 0.29) is 11.9 Å². The summed E-state index contributed by atoms with van der Waals surface area (Å²) in [6.07, 6.45) is 4.82. The third-order valence-electron chi connectivity index (χ3n) is 4.31. The van der Waals surface area contributed by atoms with Crippen LogP contribution < -0.4 is 15.4 Å². The van der Waals surface area contributed by atoms with Crippen LogP contribution in [0, 0.1) is 5.92 Å². The summed E-state index contributed by atoms with van der Waals surface area (Å²) in [5.74, 6) is 1.47. The molecule has 1 aromatic carbocycles. The number of hydrogen-bond acceptors (Lipinski definition) is 3. The minimum Gasteiger partial charge on any atom is -0.497 e. The maximum absolute atomic E-state index is 12.3. The molecule has 0 spiro atoms. The van der Waals surface area contributed by atoms with Gasteiger partial charge in [-0.25, -0.2) is 0 Å². The van der Waals surface area contributed by atoms with Crippen molar-refractivity contribution in [1.82, 2.24) is 5.32 Å². The first kappa shape index (κ1) is 15.7. The van der Waals surface area contributed by atoms with E-state index < -0.39 is 0 Å². The van der Waals surface area contributed by atoms with Crippen LogP contribution in [0.25, 0.3) is 0 Å². The Morgan fingerprint density at radius 1 is 1.24 bits per heavy atom. The molecule has 0 aliphatic heterocycles. The molecule has 4 nitrogen and oxygen atoms in total. The Hall–Kier alpha value is -1.71. The first-order valence-corrected chi connectivity index (χ1v) is 7.81. The molecule has 1 aliphatic rings. The molecule has 0 aromatic heterocycles. The number of hydrogen-bond donors (Lipinski definition) is 2. The number of carbonyl (C=O) groups is 1. The number of ether oxygens (including phenoxy) is 1. The van der Waals surface area contributed by atoms with Gasteiger partial charge in [-0.2, -0.15) is 0 Å². The molecule has 0 unspecified atom stereocenters. The van der Waals surface area contributed by atoms with Gasteiger partial charge in [-0.15, -0.1) is 0 Å². The lowest BCUT2D eigenvalue weighted by Gasteiger charge is -2.30. The molecule has 3 atom stereocenters. The van der Waals surface area contributed by atoms with Crippen molar-refractivity contribution in [2.45, 2.75) is 51.6 Å². The SMILES string of the molecule is COc1ccc(N[C@H](C)C(=O)N[C@@H]2CCCC[C@H]2C)cc1. The molecule has 2 N–H and O–H groups in total. The van der Waals surface area contributed by atoms with Crippen molar-refractivity contribution in [2.24, 2.45) is 5.92 Å². The second-order valence-corrected chi connectivity index (χ2v) is 5.97. The second-order valence-electron chi connectivity index (χ2n) is 5.97. The first-order valence-electron chi connectivity index (χ1n) is 7.81. The molecule has 1 aliphatic carbocycles. The highest BCUT2D eigenvalue weighted by Gasteiger charge is 2.24. The summed E-state index contributed by atoms with van der Waals surface area (Å²) in [5.41, 5.74) is 0.926. The minimum absolute atomic E-state index is 0.0737. The van der Waals surface area contributed by atoms with Gasteiger partial charge in [0.1, 0.15) is 11.8 Å². The van der Waals surface area contributed by atoms with Gasteiger partial charge in [-0.1, -0.05) is 19.8 Å². The van der Waals surface area contributed by atoms with Gasteiger partial charge in [0.25, 0.3) is 0 Å². The van der Waals surface area contributed by atoms with Crippen LogP contribution in [0.2, 0.25) is 0 Å². The standard InChI is InChI=1S/C17H26N2O2/c1-12-6-4-5-7-16(12)19-17(20)13(2)18-14-8-10-15(21-3)11-9-14/h8-13,16,18H,4-7H2,1-3H3,(H,19,20)/t12-,13-,16-/m1/s1. The fourth-order valence-electron chi connectivity index (χ4n) is 2.84. The predicted molar refractivity (Wildman–Crippen MR) is 85.6 cm³/mol.